The summed E-state index contributed by atoms with van der Waals surface area (Å²) in [6.07, 6.45) is 2.02. The molecule has 0 heterocycles. The first kappa shape index (κ1) is 16.0. The summed E-state index contributed by atoms with van der Waals surface area (Å²) in [4.78, 5) is 2.25. The van der Waals surface area contributed by atoms with Gasteiger partial charge >= 0.3 is 0 Å². The maximum Gasteiger partial charge on any atom is 0.123 e. The summed E-state index contributed by atoms with van der Waals surface area (Å²) in [5.41, 5.74) is 8.89. The number of rotatable bonds is 6. The lowest BCUT2D eigenvalue weighted by Crippen LogP contribution is -2.51. The molecule has 1 atom stereocenters. The Balaban J connectivity index is 3.30. The maximum atomic E-state index is 6.62. The van der Waals surface area contributed by atoms with Gasteiger partial charge in [-0.3, -0.25) is 0 Å². The van der Waals surface area contributed by atoms with E-state index < -0.39 is 0 Å². The monoisotopic (exact) mass is 264 g/mol. The fourth-order valence-corrected chi connectivity index (χ4v) is 2.99. The summed E-state index contributed by atoms with van der Waals surface area (Å²) < 4.78 is 5.49. The molecule has 3 heteroatoms. The van der Waals surface area contributed by atoms with Gasteiger partial charge in [-0.2, -0.15) is 0 Å². The molecular weight excluding hydrogens is 236 g/mol. The fourth-order valence-electron chi connectivity index (χ4n) is 2.99. The number of aryl methyl sites for hydroxylation is 1. The van der Waals surface area contributed by atoms with Gasteiger partial charge in [0.2, 0.25) is 0 Å². The van der Waals surface area contributed by atoms with Crippen LogP contribution in [0.4, 0.5) is 0 Å². The van der Waals surface area contributed by atoms with Crippen molar-refractivity contribution in [3.63, 3.8) is 0 Å². The summed E-state index contributed by atoms with van der Waals surface area (Å²) in [6.45, 7) is 6.49. The van der Waals surface area contributed by atoms with Crippen LogP contribution in [-0.2, 0) is 0 Å². The molecule has 1 aromatic rings. The zero-order chi connectivity index (χ0) is 14.6. The van der Waals surface area contributed by atoms with Crippen molar-refractivity contribution in [3.8, 4) is 5.75 Å². The van der Waals surface area contributed by atoms with Gasteiger partial charge < -0.3 is 15.4 Å². The number of likely N-dealkylation sites (N-methyl/N-ethyl adjacent to an activating group) is 1. The molecule has 1 aromatic carbocycles. The number of nitrogens with zero attached hydrogens (tertiary/aromatic N) is 1. The molecule has 0 aliphatic rings. The Morgan fingerprint density at radius 2 is 1.84 bits per heavy atom. The van der Waals surface area contributed by atoms with Crippen molar-refractivity contribution < 1.29 is 4.74 Å². The van der Waals surface area contributed by atoms with Crippen LogP contribution in [-0.4, -0.2) is 31.6 Å². The number of nitrogens with two attached hydrogens (primary N) is 1. The third-order valence-corrected chi connectivity index (χ3v) is 4.41. The Morgan fingerprint density at radius 1 is 1.26 bits per heavy atom. The Morgan fingerprint density at radius 3 is 2.26 bits per heavy atom. The minimum absolute atomic E-state index is 0.0406. The van der Waals surface area contributed by atoms with E-state index in [1.807, 2.05) is 6.07 Å². The average molecular weight is 264 g/mol. The lowest BCUT2D eigenvalue weighted by molar-refractivity contribution is 0.104. The lowest BCUT2D eigenvalue weighted by atomic mass is 9.79. The smallest absolute Gasteiger partial charge is 0.123 e. The summed E-state index contributed by atoms with van der Waals surface area (Å²) in [5, 5.41) is 0. The van der Waals surface area contributed by atoms with E-state index in [-0.39, 0.29) is 11.6 Å². The lowest BCUT2D eigenvalue weighted by Gasteiger charge is -2.44. The summed E-state index contributed by atoms with van der Waals surface area (Å²) in [6, 6.07) is 6.15. The minimum Gasteiger partial charge on any atom is -0.496 e. The third-order valence-electron chi connectivity index (χ3n) is 4.41. The highest BCUT2D eigenvalue weighted by atomic mass is 16.5. The first-order valence-electron chi connectivity index (χ1n) is 7.00. The van der Waals surface area contributed by atoms with Crippen LogP contribution in [0.25, 0.3) is 0 Å². The van der Waals surface area contributed by atoms with Crippen LogP contribution in [0.1, 0.15) is 43.9 Å². The van der Waals surface area contributed by atoms with Crippen molar-refractivity contribution >= 4 is 0 Å². The van der Waals surface area contributed by atoms with Gasteiger partial charge in [0, 0.05) is 11.1 Å². The molecule has 1 rings (SSSR count). The summed E-state index contributed by atoms with van der Waals surface area (Å²) >= 11 is 0. The summed E-state index contributed by atoms with van der Waals surface area (Å²) in [5.74, 6) is 0.881. The minimum atomic E-state index is -0.0626. The molecule has 19 heavy (non-hydrogen) atoms. The molecule has 3 nitrogen and oxygen atoms in total. The molecular formula is C16H28N2O. The Bertz CT molecular complexity index is 411. The van der Waals surface area contributed by atoms with Gasteiger partial charge in [-0.25, -0.2) is 0 Å². The van der Waals surface area contributed by atoms with Gasteiger partial charge in [-0.1, -0.05) is 31.5 Å². The number of benzene rings is 1. The Kier molecular flexibility index (Phi) is 5.39. The SMILES string of the molecule is CCC(CC)(C(N)c1cc(C)ccc1OC)N(C)C. The third kappa shape index (κ3) is 2.93. The molecule has 0 aromatic heterocycles. The molecule has 2 N–H and O–H groups in total. The Hall–Kier alpha value is -1.06. The van der Waals surface area contributed by atoms with Crippen molar-refractivity contribution in [1.29, 1.82) is 0 Å². The first-order valence-corrected chi connectivity index (χ1v) is 7.00. The number of ether oxygens (including phenoxy) is 1. The molecule has 0 fully saturated rings. The molecule has 0 amide bonds. The van der Waals surface area contributed by atoms with Crippen LogP contribution in [0.3, 0.4) is 0 Å². The zero-order valence-electron chi connectivity index (χ0n) is 13.2. The molecule has 0 saturated carbocycles. The molecule has 0 saturated heterocycles. The van der Waals surface area contributed by atoms with Crippen LogP contribution >= 0.6 is 0 Å². The van der Waals surface area contributed by atoms with Crippen LogP contribution in [0.5, 0.6) is 5.75 Å². The van der Waals surface area contributed by atoms with Crippen molar-refractivity contribution in [3.05, 3.63) is 29.3 Å². The molecule has 0 radical (unpaired) electrons. The van der Waals surface area contributed by atoms with Gasteiger partial charge in [-0.15, -0.1) is 0 Å². The first-order chi connectivity index (χ1) is 8.92. The molecule has 0 spiro atoms. The van der Waals surface area contributed by atoms with E-state index in [0.29, 0.717) is 0 Å². The molecule has 108 valence electrons. The van der Waals surface area contributed by atoms with Crippen LogP contribution in [0.15, 0.2) is 18.2 Å². The highest BCUT2D eigenvalue weighted by Gasteiger charge is 2.37. The van der Waals surface area contributed by atoms with E-state index in [1.165, 1.54) is 5.56 Å². The van der Waals surface area contributed by atoms with Gasteiger partial charge in [0.15, 0.2) is 0 Å². The van der Waals surface area contributed by atoms with E-state index in [9.17, 15) is 0 Å². The second kappa shape index (κ2) is 6.40. The predicted molar refractivity (Wildman–Crippen MR) is 81.7 cm³/mol. The highest BCUT2D eigenvalue weighted by Crippen LogP contribution is 2.38. The van der Waals surface area contributed by atoms with Crippen LogP contribution in [0, 0.1) is 6.92 Å². The molecule has 1 unspecified atom stereocenters. The normalized spacial score (nSPS) is 13.7. The fraction of sp³-hybridized carbons (Fsp3) is 0.625. The standard InChI is InChI=1S/C16H28N2O/c1-7-16(8-2,18(4)5)15(17)13-11-12(3)9-10-14(13)19-6/h9-11,15H,7-8,17H2,1-6H3. The van der Waals surface area contributed by atoms with Gasteiger partial charge in [0.1, 0.15) is 5.75 Å². The zero-order valence-corrected chi connectivity index (χ0v) is 13.2. The van der Waals surface area contributed by atoms with E-state index >= 15 is 0 Å². The molecule has 0 aliphatic heterocycles. The van der Waals surface area contributed by atoms with Crippen molar-refractivity contribution in [2.24, 2.45) is 5.73 Å². The summed E-state index contributed by atoms with van der Waals surface area (Å²) in [7, 11) is 5.92. The van der Waals surface area contributed by atoms with Gasteiger partial charge in [0.25, 0.3) is 0 Å². The van der Waals surface area contributed by atoms with E-state index in [1.54, 1.807) is 7.11 Å². The topological polar surface area (TPSA) is 38.5 Å². The molecule has 0 aliphatic carbocycles. The van der Waals surface area contributed by atoms with Crippen molar-refractivity contribution in [2.75, 3.05) is 21.2 Å². The predicted octanol–water partition coefficient (Wildman–Crippen LogP) is 3.12. The van der Waals surface area contributed by atoms with E-state index in [2.05, 4.69) is 51.9 Å². The van der Waals surface area contributed by atoms with Crippen LogP contribution < -0.4 is 10.5 Å². The van der Waals surface area contributed by atoms with E-state index in [4.69, 9.17) is 10.5 Å². The second-order valence-corrected chi connectivity index (χ2v) is 5.43. The van der Waals surface area contributed by atoms with Gasteiger partial charge in [0.05, 0.1) is 13.2 Å². The highest BCUT2D eigenvalue weighted by molar-refractivity contribution is 5.40. The van der Waals surface area contributed by atoms with Gasteiger partial charge in [-0.05, 0) is 39.9 Å². The Labute approximate surface area is 117 Å². The average Bonchev–Trinajstić information content (AvgIpc) is 2.40. The molecule has 0 bridgehead atoms. The van der Waals surface area contributed by atoms with Crippen molar-refractivity contribution in [2.45, 2.75) is 45.2 Å². The maximum absolute atomic E-state index is 6.62. The van der Waals surface area contributed by atoms with Crippen LogP contribution in [0.2, 0.25) is 0 Å². The number of hydrogen-bond acceptors (Lipinski definition) is 3. The number of hydrogen-bond donors (Lipinski definition) is 1. The second-order valence-electron chi connectivity index (χ2n) is 5.43. The van der Waals surface area contributed by atoms with E-state index in [0.717, 1.165) is 24.2 Å². The number of methoxy groups -OCH3 is 1. The quantitative estimate of drug-likeness (QED) is 0.858. The largest absolute Gasteiger partial charge is 0.496 e. The van der Waals surface area contributed by atoms with Crippen molar-refractivity contribution in [1.82, 2.24) is 4.90 Å².